The predicted octanol–water partition coefficient (Wildman–Crippen LogP) is 1.22. The first kappa shape index (κ1) is 13.6. The van der Waals surface area contributed by atoms with Crippen LogP contribution in [-0.4, -0.2) is 35.2 Å². The molecule has 0 saturated heterocycles. The van der Waals surface area contributed by atoms with Crippen molar-refractivity contribution in [3.63, 3.8) is 0 Å². The van der Waals surface area contributed by atoms with Crippen LogP contribution in [0.5, 0.6) is 5.75 Å². The third-order valence-corrected chi connectivity index (χ3v) is 3.49. The number of amides is 1. The topological polar surface area (TPSA) is 65.4 Å². The second kappa shape index (κ2) is 5.97. The van der Waals surface area contributed by atoms with Crippen LogP contribution in [-0.2, 0) is 17.9 Å². The standard InChI is InChI=1S/C15H17N3O3/c1-20-13-5-3-2-4-12(13)15(19)17-8-11-9-18-7-6-16-14(18)10-21-11/h2-7,11H,8-10H2,1H3,(H,17,19)/t11-/m0/s1. The molecule has 1 amide bonds. The van der Waals surface area contributed by atoms with Gasteiger partial charge in [-0.1, -0.05) is 12.1 Å². The Bertz CT molecular complexity index is 639. The summed E-state index contributed by atoms with van der Waals surface area (Å²) in [5, 5.41) is 2.89. The van der Waals surface area contributed by atoms with E-state index in [0.717, 1.165) is 5.82 Å². The summed E-state index contributed by atoms with van der Waals surface area (Å²) in [4.78, 5) is 16.4. The third-order valence-electron chi connectivity index (χ3n) is 3.49. The van der Waals surface area contributed by atoms with Gasteiger partial charge in [-0.2, -0.15) is 0 Å². The minimum atomic E-state index is -0.160. The highest BCUT2D eigenvalue weighted by molar-refractivity contribution is 5.96. The molecule has 6 heteroatoms. The SMILES string of the molecule is COc1ccccc1C(=O)NC[C@H]1Cn2ccnc2CO1. The molecule has 1 aromatic carbocycles. The minimum Gasteiger partial charge on any atom is -0.496 e. The molecule has 1 N–H and O–H groups in total. The molecule has 2 aromatic rings. The Morgan fingerprint density at radius 1 is 1.52 bits per heavy atom. The summed E-state index contributed by atoms with van der Waals surface area (Å²) in [6.45, 7) is 1.62. The molecule has 0 fully saturated rings. The summed E-state index contributed by atoms with van der Waals surface area (Å²) in [7, 11) is 1.55. The largest absolute Gasteiger partial charge is 0.496 e. The van der Waals surface area contributed by atoms with Crippen LogP contribution in [0.15, 0.2) is 36.7 Å². The van der Waals surface area contributed by atoms with Gasteiger partial charge in [-0.05, 0) is 12.1 Å². The summed E-state index contributed by atoms with van der Waals surface area (Å²) in [5.74, 6) is 1.33. The molecule has 0 saturated carbocycles. The molecule has 1 aliphatic rings. The van der Waals surface area contributed by atoms with E-state index >= 15 is 0 Å². The Morgan fingerprint density at radius 2 is 2.38 bits per heavy atom. The number of nitrogens with one attached hydrogen (secondary N) is 1. The highest BCUT2D eigenvalue weighted by Gasteiger charge is 2.20. The van der Waals surface area contributed by atoms with E-state index in [-0.39, 0.29) is 12.0 Å². The number of carbonyl (C=O) groups excluding carboxylic acids is 1. The van der Waals surface area contributed by atoms with E-state index in [9.17, 15) is 4.79 Å². The van der Waals surface area contributed by atoms with Gasteiger partial charge in [0.15, 0.2) is 0 Å². The fourth-order valence-corrected chi connectivity index (χ4v) is 2.37. The van der Waals surface area contributed by atoms with Crippen LogP contribution in [0, 0.1) is 0 Å². The molecule has 1 aliphatic heterocycles. The van der Waals surface area contributed by atoms with Crippen LogP contribution in [0.1, 0.15) is 16.2 Å². The maximum atomic E-state index is 12.2. The van der Waals surface area contributed by atoms with Gasteiger partial charge in [-0.3, -0.25) is 4.79 Å². The second-order valence-electron chi connectivity index (χ2n) is 4.84. The molecule has 21 heavy (non-hydrogen) atoms. The summed E-state index contributed by atoms with van der Waals surface area (Å²) in [6, 6.07) is 7.15. The van der Waals surface area contributed by atoms with Gasteiger partial charge >= 0.3 is 0 Å². The zero-order valence-electron chi connectivity index (χ0n) is 11.8. The van der Waals surface area contributed by atoms with E-state index < -0.39 is 0 Å². The van der Waals surface area contributed by atoms with Gasteiger partial charge in [-0.25, -0.2) is 4.98 Å². The van der Waals surface area contributed by atoms with Crippen molar-refractivity contribution in [3.05, 3.63) is 48.0 Å². The fourth-order valence-electron chi connectivity index (χ4n) is 2.37. The summed E-state index contributed by atoms with van der Waals surface area (Å²) >= 11 is 0. The van der Waals surface area contributed by atoms with Gasteiger partial charge in [0.25, 0.3) is 5.91 Å². The number of aromatic nitrogens is 2. The van der Waals surface area contributed by atoms with Crippen LogP contribution in [0.3, 0.4) is 0 Å². The second-order valence-corrected chi connectivity index (χ2v) is 4.84. The summed E-state index contributed by atoms with van der Waals surface area (Å²) in [5.41, 5.74) is 0.527. The van der Waals surface area contributed by atoms with Gasteiger partial charge in [0.1, 0.15) is 18.2 Å². The molecule has 0 spiro atoms. The van der Waals surface area contributed by atoms with Crippen LogP contribution in [0.2, 0.25) is 0 Å². The lowest BCUT2D eigenvalue weighted by Gasteiger charge is -2.24. The highest BCUT2D eigenvalue weighted by atomic mass is 16.5. The van der Waals surface area contributed by atoms with Crippen LogP contribution >= 0.6 is 0 Å². The average molecular weight is 287 g/mol. The molecule has 0 bridgehead atoms. The summed E-state index contributed by atoms with van der Waals surface area (Å²) in [6.07, 6.45) is 3.63. The molecule has 2 heterocycles. The van der Waals surface area contributed by atoms with Gasteiger partial charge in [0.05, 0.1) is 25.3 Å². The number of para-hydroxylation sites is 1. The number of methoxy groups -OCH3 is 1. The van der Waals surface area contributed by atoms with Gasteiger partial charge in [0, 0.05) is 18.9 Å². The molecular formula is C15H17N3O3. The van der Waals surface area contributed by atoms with Crippen molar-refractivity contribution >= 4 is 5.91 Å². The van der Waals surface area contributed by atoms with E-state index in [2.05, 4.69) is 10.3 Å². The van der Waals surface area contributed by atoms with E-state index in [0.29, 0.717) is 31.0 Å². The normalized spacial score (nSPS) is 17.1. The molecular weight excluding hydrogens is 270 g/mol. The molecule has 6 nitrogen and oxygen atoms in total. The highest BCUT2D eigenvalue weighted by Crippen LogP contribution is 2.17. The van der Waals surface area contributed by atoms with Gasteiger partial charge < -0.3 is 19.4 Å². The Morgan fingerprint density at radius 3 is 3.24 bits per heavy atom. The Kier molecular flexibility index (Phi) is 3.87. The predicted molar refractivity (Wildman–Crippen MR) is 76.1 cm³/mol. The Hall–Kier alpha value is -2.34. The van der Waals surface area contributed by atoms with Crippen molar-refractivity contribution in [2.75, 3.05) is 13.7 Å². The van der Waals surface area contributed by atoms with E-state index in [1.165, 1.54) is 0 Å². The first-order valence-corrected chi connectivity index (χ1v) is 6.81. The lowest BCUT2D eigenvalue weighted by Crippen LogP contribution is -2.38. The van der Waals surface area contributed by atoms with Crippen LogP contribution in [0.4, 0.5) is 0 Å². The van der Waals surface area contributed by atoms with E-state index in [4.69, 9.17) is 9.47 Å². The number of hydrogen-bond acceptors (Lipinski definition) is 4. The Labute approximate surface area is 122 Å². The number of benzene rings is 1. The maximum Gasteiger partial charge on any atom is 0.255 e. The van der Waals surface area contributed by atoms with Crippen LogP contribution < -0.4 is 10.1 Å². The zero-order valence-corrected chi connectivity index (χ0v) is 11.8. The van der Waals surface area contributed by atoms with Crippen molar-refractivity contribution in [1.29, 1.82) is 0 Å². The third kappa shape index (κ3) is 2.90. The number of ether oxygens (including phenoxy) is 2. The van der Waals surface area contributed by atoms with Crippen molar-refractivity contribution in [1.82, 2.24) is 14.9 Å². The average Bonchev–Trinajstić information content (AvgIpc) is 3.00. The zero-order chi connectivity index (χ0) is 14.7. The minimum absolute atomic E-state index is 0.0506. The van der Waals surface area contributed by atoms with Crippen LogP contribution in [0.25, 0.3) is 0 Å². The first-order chi connectivity index (χ1) is 10.3. The fraction of sp³-hybridized carbons (Fsp3) is 0.333. The molecule has 110 valence electrons. The monoisotopic (exact) mass is 287 g/mol. The number of rotatable bonds is 4. The number of carbonyl (C=O) groups is 1. The van der Waals surface area contributed by atoms with Gasteiger partial charge in [-0.15, -0.1) is 0 Å². The quantitative estimate of drug-likeness (QED) is 0.918. The van der Waals surface area contributed by atoms with E-state index in [1.54, 1.807) is 25.4 Å². The molecule has 3 rings (SSSR count). The lowest BCUT2D eigenvalue weighted by molar-refractivity contribution is 0.00326. The number of nitrogens with zero attached hydrogens (tertiary/aromatic N) is 2. The summed E-state index contributed by atoms with van der Waals surface area (Å²) < 4.78 is 12.9. The number of fused-ring (bicyclic) bond motifs is 1. The molecule has 1 aromatic heterocycles. The van der Waals surface area contributed by atoms with Gasteiger partial charge in [0.2, 0.25) is 0 Å². The van der Waals surface area contributed by atoms with E-state index in [1.807, 2.05) is 22.9 Å². The number of hydrogen-bond donors (Lipinski definition) is 1. The molecule has 0 unspecified atom stereocenters. The lowest BCUT2D eigenvalue weighted by atomic mass is 10.2. The van der Waals surface area contributed by atoms with Crippen molar-refractivity contribution in [2.24, 2.45) is 0 Å². The molecule has 1 atom stereocenters. The van der Waals surface area contributed by atoms with Crippen molar-refractivity contribution in [3.8, 4) is 5.75 Å². The first-order valence-electron chi connectivity index (χ1n) is 6.81. The van der Waals surface area contributed by atoms with Crippen molar-refractivity contribution in [2.45, 2.75) is 19.3 Å². The number of imidazole rings is 1. The maximum absolute atomic E-state index is 12.2. The Balaban J connectivity index is 1.59. The molecule has 0 radical (unpaired) electrons. The smallest absolute Gasteiger partial charge is 0.255 e. The van der Waals surface area contributed by atoms with Crippen molar-refractivity contribution < 1.29 is 14.3 Å². The molecule has 0 aliphatic carbocycles.